The van der Waals surface area contributed by atoms with Gasteiger partial charge in [0.05, 0.1) is 26.3 Å². The highest BCUT2D eigenvalue weighted by atomic mass is 16.6. The Morgan fingerprint density at radius 1 is 1.00 bits per heavy atom. The maximum absolute atomic E-state index is 12.5. The molecule has 3 N–H and O–H groups in total. The Bertz CT molecular complexity index is 990. The lowest BCUT2D eigenvalue weighted by atomic mass is 10.0. The third-order valence-corrected chi connectivity index (χ3v) is 5.02. The van der Waals surface area contributed by atoms with Crippen LogP contribution in [0.15, 0.2) is 36.4 Å². The van der Waals surface area contributed by atoms with Gasteiger partial charge in [0, 0.05) is 17.8 Å². The Labute approximate surface area is 213 Å². The zero-order chi connectivity index (χ0) is 27.2. The number of hydrogen-bond acceptors (Lipinski definition) is 9. The first kappa shape index (κ1) is 29.0. The predicted molar refractivity (Wildman–Crippen MR) is 129 cm³/mol. The number of nitrogens with zero attached hydrogens (tertiary/aromatic N) is 1. The summed E-state index contributed by atoms with van der Waals surface area (Å²) in [6, 6.07) is 5.67. The first-order valence-corrected chi connectivity index (χ1v) is 11.5. The number of anilines is 1. The van der Waals surface area contributed by atoms with Crippen molar-refractivity contribution in [3.63, 3.8) is 0 Å². The highest BCUT2D eigenvalue weighted by Gasteiger charge is 2.25. The van der Waals surface area contributed by atoms with E-state index in [0.29, 0.717) is 12.2 Å². The zero-order valence-corrected chi connectivity index (χ0v) is 20.6. The van der Waals surface area contributed by atoms with E-state index in [1.807, 2.05) is 0 Å². The molecule has 0 fully saturated rings. The smallest absolute Gasteiger partial charge is 0.407 e. The SMILES string of the molecule is CC(C)C(NC(=O)OCCOCCN1C(=O)C=CC1=O)C(=O)NCC(=O)Nc1ccc(COC=O)cc1. The van der Waals surface area contributed by atoms with E-state index in [2.05, 4.69) is 20.7 Å². The molecule has 5 amide bonds. The third kappa shape index (κ3) is 10.1. The van der Waals surface area contributed by atoms with Gasteiger partial charge in [-0.15, -0.1) is 0 Å². The summed E-state index contributed by atoms with van der Waals surface area (Å²) in [7, 11) is 0. The van der Waals surface area contributed by atoms with Crippen LogP contribution >= 0.6 is 0 Å². The molecule has 200 valence electrons. The van der Waals surface area contributed by atoms with Crippen molar-refractivity contribution in [2.45, 2.75) is 26.5 Å². The molecule has 0 aromatic heterocycles. The molecule has 0 radical (unpaired) electrons. The van der Waals surface area contributed by atoms with Crippen molar-refractivity contribution < 1.29 is 43.0 Å². The van der Waals surface area contributed by atoms with Crippen molar-refractivity contribution >= 4 is 41.9 Å². The summed E-state index contributed by atoms with van der Waals surface area (Å²) < 4.78 is 14.9. The van der Waals surface area contributed by atoms with Crippen molar-refractivity contribution in [3.05, 3.63) is 42.0 Å². The number of carbonyl (C=O) groups is 6. The molecule has 1 aromatic rings. The van der Waals surface area contributed by atoms with Gasteiger partial charge in [0.15, 0.2) is 0 Å². The van der Waals surface area contributed by atoms with Crippen LogP contribution in [0, 0.1) is 5.92 Å². The Kier molecular flexibility index (Phi) is 11.7. The first-order chi connectivity index (χ1) is 17.7. The Hall–Kier alpha value is -4.26. The molecule has 0 spiro atoms. The predicted octanol–water partition coefficient (Wildman–Crippen LogP) is 0.107. The van der Waals surface area contributed by atoms with Gasteiger partial charge in [-0.25, -0.2) is 4.79 Å². The average molecular weight is 519 g/mol. The van der Waals surface area contributed by atoms with Crippen molar-refractivity contribution in [2.75, 3.05) is 38.2 Å². The number of ether oxygens (including phenoxy) is 3. The van der Waals surface area contributed by atoms with Crippen LogP contribution in [-0.2, 0) is 44.8 Å². The van der Waals surface area contributed by atoms with E-state index in [4.69, 9.17) is 9.47 Å². The highest BCUT2D eigenvalue weighted by Crippen LogP contribution is 2.10. The van der Waals surface area contributed by atoms with Gasteiger partial charge in [-0.1, -0.05) is 26.0 Å². The van der Waals surface area contributed by atoms with Crippen LogP contribution in [0.1, 0.15) is 19.4 Å². The van der Waals surface area contributed by atoms with E-state index in [1.165, 1.54) is 12.2 Å². The molecule has 13 nitrogen and oxygen atoms in total. The molecular formula is C24H30N4O9. The van der Waals surface area contributed by atoms with Crippen molar-refractivity contribution in [1.82, 2.24) is 15.5 Å². The number of nitrogens with one attached hydrogen (secondary N) is 3. The fourth-order valence-electron chi connectivity index (χ4n) is 3.10. The van der Waals surface area contributed by atoms with Gasteiger partial charge in [-0.05, 0) is 23.6 Å². The number of carbonyl (C=O) groups excluding carboxylic acids is 6. The second kappa shape index (κ2) is 15.0. The monoisotopic (exact) mass is 518 g/mol. The molecule has 13 heteroatoms. The summed E-state index contributed by atoms with van der Waals surface area (Å²) in [4.78, 5) is 70.9. The number of imide groups is 1. The molecule has 1 atom stereocenters. The van der Waals surface area contributed by atoms with E-state index in [0.717, 1.165) is 10.5 Å². The molecule has 1 unspecified atom stereocenters. The number of alkyl carbamates (subject to hydrolysis) is 1. The van der Waals surface area contributed by atoms with Crippen LogP contribution < -0.4 is 16.0 Å². The molecule has 1 aliphatic rings. The van der Waals surface area contributed by atoms with Crippen molar-refractivity contribution in [1.29, 1.82) is 0 Å². The second-order valence-corrected chi connectivity index (χ2v) is 8.15. The molecule has 0 bridgehead atoms. The first-order valence-electron chi connectivity index (χ1n) is 11.5. The van der Waals surface area contributed by atoms with Gasteiger partial charge in [-0.2, -0.15) is 0 Å². The zero-order valence-electron chi connectivity index (χ0n) is 20.6. The van der Waals surface area contributed by atoms with E-state index >= 15 is 0 Å². The number of rotatable bonds is 15. The van der Waals surface area contributed by atoms with Gasteiger partial charge in [0.2, 0.25) is 11.8 Å². The number of hydrogen-bond donors (Lipinski definition) is 3. The van der Waals surface area contributed by atoms with Crippen LogP contribution in [-0.4, -0.2) is 80.0 Å². The molecule has 2 rings (SSSR count). The van der Waals surface area contributed by atoms with Gasteiger partial charge in [0.1, 0.15) is 19.3 Å². The Morgan fingerprint density at radius 3 is 2.30 bits per heavy atom. The normalized spacial score (nSPS) is 13.3. The van der Waals surface area contributed by atoms with E-state index in [9.17, 15) is 28.8 Å². The second-order valence-electron chi connectivity index (χ2n) is 8.15. The molecule has 1 heterocycles. The topological polar surface area (TPSA) is 169 Å². The van der Waals surface area contributed by atoms with Gasteiger partial charge in [-0.3, -0.25) is 28.9 Å². The molecular weight excluding hydrogens is 488 g/mol. The third-order valence-electron chi connectivity index (χ3n) is 5.02. The largest absolute Gasteiger partial charge is 0.463 e. The highest BCUT2D eigenvalue weighted by molar-refractivity contribution is 6.12. The van der Waals surface area contributed by atoms with E-state index < -0.39 is 35.8 Å². The summed E-state index contributed by atoms with van der Waals surface area (Å²) in [6.07, 6.45) is 1.52. The summed E-state index contributed by atoms with van der Waals surface area (Å²) >= 11 is 0. The van der Waals surface area contributed by atoms with Crippen LogP contribution in [0.4, 0.5) is 10.5 Å². The van der Waals surface area contributed by atoms with E-state index in [1.54, 1.807) is 38.1 Å². The summed E-state index contributed by atoms with van der Waals surface area (Å²) in [5.41, 5.74) is 1.24. The number of amides is 5. The summed E-state index contributed by atoms with van der Waals surface area (Å²) in [5, 5.41) is 7.56. The Morgan fingerprint density at radius 2 is 1.68 bits per heavy atom. The van der Waals surface area contributed by atoms with Gasteiger partial charge in [0.25, 0.3) is 18.3 Å². The quantitative estimate of drug-likeness (QED) is 0.166. The molecule has 0 saturated carbocycles. The van der Waals surface area contributed by atoms with Gasteiger partial charge >= 0.3 is 6.09 Å². The van der Waals surface area contributed by atoms with Gasteiger partial charge < -0.3 is 30.2 Å². The minimum absolute atomic E-state index is 0.0286. The summed E-state index contributed by atoms with van der Waals surface area (Å²) in [5.74, 6) is -2.14. The van der Waals surface area contributed by atoms with Crippen LogP contribution in [0.3, 0.4) is 0 Å². The van der Waals surface area contributed by atoms with Crippen LogP contribution in [0.25, 0.3) is 0 Å². The standard InChI is InChI=1S/C24H30N4O9/c1-16(2)22(27-24(34)37-12-11-35-10-9-28-20(31)7-8-21(28)32)23(33)25-13-19(30)26-18-5-3-17(4-6-18)14-36-15-29/h3-8,15-16,22H,9-14H2,1-2H3,(H,25,33)(H,26,30)(H,27,34). The average Bonchev–Trinajstić information content (AvgIpc) is 3.19. The van der Waals surface area contributed by atoms with Crippen molar-refractivity contribution in [2.24, 2.45) is 5.92 Å². The minimum atomic E-state index is -0.946. The van der Waals surface area contributed by atoms with Crippen molar-refractivity contribution in [3.8, 4) is 0 Å². The Balaban J connectivity index is 1.66. The maximum Gasteiger partial charge on any atom is 0.407 e. The molecule has 1 aromatic carbocycles. The lowest BCUT2D eigenvalue weighted by molar-refractivity contribution is -0.137. The molecule has 0 aliphatic carbocycles. The molecule has 37 heavy (non-hydrogen) atoms. The molecule has 0 saturated heterocycles. The van der Waals surface area contributed by atoms with Crippen LogP contribution in [0.5, 0.6) is 0 Å². The fourth-order valence-corrected chi connectivity index (χ4v) is 3.10. The van der Waals surface area contributed by atoms with Crippen LogP contribution in [0.2, 0.25) is 0 Å². The number of benzene rings is 1. The summed E-state index contributed by atoms with van der Waals surface area (Å²) in [6.45, 7) is 3.68. The molecule has 1 aliphatic heterocycles. The maximum atomic E-state index is 12.5. The minimum Gasteiger partial charge on any atom is -0.463 e. The van der Waals surface area contributed by atoms with E-state index in [-0.39, 0.29) is 45.4 Å². The fraction of sp³-hybridized carbons (Fsp3) is 0.417. The lowest BCUT2D eigenvalue weighted by Gasteiger charge is -2.21. The lowest BCUT2D eigenvalue weighted by Crippen LogP contribution is -2.51.